The zero-order valence-corrected chi connectivity index (χ0v) is 12.3. The van der Waals surface area contributed by atoms with Crippen LogP contribution in [-0.2, 0) is 0 Å². The van der Waals surface area contributed by atoms with E-state index in [-0.39, 0.29) is 33.9 Å². The molecule has 0 unspecified atom stereocenters. The first-order valence-corrected chi connectivity index (χ1v) is 7.12. The number of hydrogen-bond acceptors (Lipinski definition) is 6. The molecule has 1 aliphatic rings. The summed E-state index contributed by atoms with van der Waals surface area (Å²) >= 11 is 0. The number of ketones is 2. The molecule has 0 fully saturated rings. The fraction of sp³-hybridized carbons (Fsp3) is 0. The van der Waals surface area contributed by atoms with Crippen LogP contribution in [-0.4, -0.2) is 32.2 Å². The Morgan fingerprint density at radius 2 is 1.62 bits per heavy atom. The third-order valence-corrected chi connectivity index (χ3v) is 3.86. The van der Waals surface area contributed by atoms with Gasteiger partial charge in [0.05, 0.1) is 5.56 Å². The first kappa shape index (κ1) is 14.0. The molecular weight excluding hydrogens is 308 g/mol. The van der Waals surface area contributed by atoms with Gasteiger partial charge >= 0.3 is 0 Å². The molecule has 0 spiro atoms. The van der Waals surface area contributed by atoms with Gasteiger partial charge in [-0.1, -0.05) is 30.3 Å². The van der Waals surface area contributed by atoms with Crippen LogP contribution in [0, 0.1) is 0 Å². The molecule has 2 heterocycles. The van der Waals surface area contributed by atoms with Crippen LogP contribution < -0.4 is 5.73 Å². The number of carbonyl (C=O) groups excluding carboxylic acids is 3. The lowest BCUT2D eigenvalue weighted by Crippen LogP contribution is -2.20. The van der Waals surface area contributed by atoms with Crippen LogP contribution in [0.15, 0.2) is 48.7 Å². The Morgan fingerprint density at radius 1 is 0.958 bits per heavy atom. The monoisotopic (exact) mass is 318 g/mol. The van der Waals surface area contributed by atoms with E-state index in [0.717, 1.165) is 4.68 Å². The second-order valence-corrected chi connectivity index (χ2v) is 5.24. The zero-order valence-electron chi connectivity index (χ0n) is 12.3. The molecule has 0 amide bonds. The van der Waals surface area contributed by atoms with Gasteiger partial charge in [-0.2, -0.15) is 9.78 Å². The van der Waals surface area contributed by atoms with E-state index >= 15 is 0 Å². The van der Waals surface area contributed by atoms with Crippen molar-refractivity contribution in [1.29, 1.82) is 0 Å². The van der Waals surface area contributed by atoms with E-state index < -0.39 is 17.5 Å². The van der Waals surface area contributed by atoms with Crippen LogP contribution in [0.3, 0.4) is 0 Å². The van der Waals surface area contributed by atoms with Crippen LogP contribution in [0.2, 0.25) is 0 Å². The Balaban J connectivity index is 1.90. The number of fused-ring (bicyclic) bond motifs is 2. The quantitative estimate of drug-likeness (QED) is 0.567. The van der Waals surface area contributed by atoms with E-state index in [9.17, 15) is 14.4 Å². The molecule has 1 aromatic carbocycles. The van der Waals surface area contributed by atoms with Crippen molar-refractivity contribution in [3.8, 4) is 0 Å². The van der Waals surface area contributed by atoms with Crippen molar-refractivity contribution >= 4 is 23.3 Å². The fourth-order valence-corrected chi connectivity index (χ4v) is 2.71. The number of rotatable bonds is 1. The maximum Gasteiger partial charge on any atom is 0.298 e. The lowest BCUT2D eigenvalue weighted by molar-refractivity contribution is 0.0941. The van der Waals surface area contributed by atoms with Gasteiger partial charge in [-0.3, -0.25) is 19.4 Å². The lowest BCUT2D eigenvalue weighted by Gasteiger charge is -2.12. The van der Waals surface area contributed by atoms with Gasteiger partial charge in [-0.25, -0.2) is 0 Å². The average molecular weight is 318 g/mol. The molecule has 2 N–H and O–H groups in total. The van der Waals surface area contributed by atoms with Gasteiger partial charge in [0.1, 0.15) is 17.2 Å². The van der Waals surface area contributed by atoms with Crippen molar-refractivity contribution in [3.05, 3.63) is 76.7 Å². The Hall–Kier alpha value is -3.61. The SMILES string of the molecule is Nc1c2c(nn1C(=O)c1ccccn1)C(=O)c1ccccc1C2=O. The summed E-state index contributed by atoms with van der Waals surface area (Å²) in [5, 5.41) is 3.99. The Labute approximate surface area is 135 Å². The van der Waals surface area contributed by atoms with Crippen molar-refractivity contribution in [2.75, 3.05) is 5.73 Å². The van der Waals surface area contributed by atoms with Gasteiger partial charge in [0.15, 0.2) is 5.78 Å². The minimum absolute atomic E-state index is 0.0389. The number of hydrogen-bond donors (Lipinski definition) is 1. The summed E-state index contributed by atoms with van der Waals surface area (Å²) in [5.41, 5.74) is 6.42. The van der Waals surface area contributed by atoms with Crippen LogP contribution in [0.25, 0.3) is 0 Å². The average Bonchev–Trinajstić information content (AvgIpc) is 2.97. The highest BCUT2D eigenvalue weighted by molar-refractivity contribution is 6.29. The fourth-order valence-electron chi connectivity index (χ4n) is 2.71. The molecule has 0 atom stereocenters. The molecule has 24 heavy (non-hydrogen) atoms. The number of aromatic nitrogens is 3. The number of nitrogens with zero attached hydrogens (tertiary/aromatic N) is 3. The van der Waals surface area contributed by atoms with Gasteiger partial charge in [0, 0.05) is 17.3 Å². The van der Waals surface area contributed by atoms with Crippen molar-refractivity contribution in [2.45, 2.75) is 0 Å². The Morgan fingerprint density at radius 3 is 2.29 bits per heavy atom. The summed E-state index contributed by atoms with van der Waals surface area (Å²) in [6.45, 7) is 0. The number of benzene rings is 1. The van der Waals surface area contributed by atoms with E-state index in [1.54, 1.807) is 36.4 Å². The first-order chi connectivity index (χ1) is 11.6. The minimum Gasteiger partial charge on any atom is -0.383 e. The highest BCUT2D eigenvalue weighted by Crippen LogP contribution is 2.30. The van der Waals surface area contributed by atoms with Crippen LogP contribution in [0.1, 0.15) is 42.5 Å². The molecule has 0 radical (unpaired) electrons. The topological polar surface area (TPSA) is 108 Å². The van der Waals surface area contributed by atoms with Crippen LogP contribution >= 0.6 is 0 Å². The standard InChI is InChI=1S/C17H10N4O3/c18-16-12-13(15(23)10-6-2-1-5-9(10)14(12)22)20-21(16)17(24)11-7-3-4-8-19-11/h1-8H,18H2. The molecule has 116 valence electrons. The summed E-state index contributed by atoms with van der Waals surface area (Å²) in [6, 6.07) is 11.2. The molecule has 0 bridgehead atoms. The van der Waals surface area contributed by atoms with E-state index in [2.05, 4.69) is 10.1 Å². The Bertz CT molecular complexity index is 1020. The van der Waals surface area contributed by atoms with Gasteiger partial charge in [-0.15, -0.1) is 0 Å². The summed E-state index contributed by atoms with van der Waals surface area (Å²) in [4.78, 5) is 41.7. The molecule has 1 aliphatic carbocycles. The second kappa shape index (κ2) is 4.95. The molecule has 0 aliphatic heterocycles. The number of pyridine rings is 1. The lowest BCUT2D eigenvalue weighted by atomic mass is 9.88. The van der Waals surface area contributed by atoms with Crippen molar-refractivity contribution in [2.24, 2.45) is 0 Å². The van der Waals surface area contributed by atoms with E-state index in [0.29, 0.717) is 0 Å². The molecule has 7 nitrogen and oxygen atoms in total. The van der Waals surface area contributed by atoms with Gasteiger partial charge in [0.25, 0.3) is 5.91 Å². The normalized spacial score (nSPS) is 12.7. The smallest absolute Gasteiger partial charge is 0.298 e. The largest absolute Gasteiger partial charge is 0.383 e. The predicted molar refractivity (Wildman–Crippen MR) is 83.9 cm³/mol. The van der Waals surface area contributed by atoms with E-state index in [1.165, 1.54) is 12.3 Å². The van der Waals surface area contributed by atoms with E-state index in [1.807, 2.05) is 0 Å². The highest BCUT2D eigenvalue weighted by atomic mass is 16.2. The third-order valence-electron chi connectivity index (χ3n) is 3.86. The number of anilines is 1. The molecular formula is C17H10N4O3. The molecule has 3 aromatic rings. The maximum atomic E-state index is 12.6. The van der Waals surface area contributed by atoms with Gasteiger partial charge in [0.2, 0.25) is 5.78 Å². The summed E-state index contributed by atoms with van der Waals surface area (Å²) in [6.07, 6.45) is 1.46. The predicted octanol–water partition coefficient (Wildman–Crippen LogP) is 1.32. The summed E-state index contributed by atoms with van der Waals surface area (Å²) in [5.74, 6) is -1.61. The number of nitrogens with two attached hydrogens (primary N) is 1. The van der Waals surface area contributed by atoms with E-state index in [4.69, 9.17) is 5.73 Å². The molecule has 7 heteroatoms. The number of carbonyl (C=O) groups is 3. The summed E-state index contributed by atoms with van der Waals surface area (Å²) < 4.78 is 0.856. The molecule has 4 rings (SSSR count). The molecule has 0 saturated heterocycles. The van der Waals surface area contributed by atoms with Crippen molar-refractivity contribution in [1.82, 2.24) is 14.8 Å². The Kier molecular flexibility index (Phi) is 2.89. The zero-order chi connectivity index (χ0) is 16.8. The molecule has 2 aromatic heterocycles. The van der Waals surface area contributed by atoms with Crippen molar-refractivity contribution in [3.63, 3.8) is 0 Å². The highest BCUT2D eigenvalue weighted by Gasteiger charge is 2.36. The molecule has 0 saturated carbocycles. The van der Waals surface area contributed by atoms with Crippen LogP contribution in [0.4, 0.5) is 5.82 Å². The third kappa shape index (κ3) is 1.81. The minimum atomic E-state index is -0.604. The maximum absolute atomic E-state index is 12.6. The van der Waals surface area contributed by atoms with Crippen LogP contribution in [0.5, 0.6) is 0 Å². The van der Waals surface area contributed by atoms with Gasteiger partial charge in [-0.05, 0) is 12.1 Å². The van der Waals surface area contributed by atoms with Crippen molar-refractivity contribution < 1.29 is 14.4 Å². The second-order valence-electron chi connectivity index (χ2n) is 5.24. The van der Waals surface area contributed by atoms with Gasteiger partial charge < -0.3 is 5.73 Å². The number of nitrogen functional groups attached to an aromatic ring is 1. The first-order valence-electron chi connectivity index (χ1n) is 7.12. The summed E-state index contributed by atoms with van der Waals surface area (Å²) in [7, 11) is 0.